The molecule has 1 saturated heterocycles. The van der Waals surface area contributed by atoms with Gasteiger partial charge in [0.25, 0.3) is 5.91 Å². The van der Waals surface area contributed by atoms with Gasteiger partial charge < -0.3 is 20.1 Å². The van der Waals surface area contributed by atoms with Gasteiger partial charge >= 0.3 is 11.7 Å². The minimum absolute atomic E-state index is 0.0194. The molecule has 2 aromatic carbocycles. The van der Waals surface area contributed by atoms with Gasteiger partial charge in [-0.25, -0.2) is 4.79 Å². The topological polar surface area (TPSA) is 140 Å². The van der Waals surface area contributed by atoms with Crippen LogP contribution >= 0.6 is 0 Å². The zero-order valence-corrected chi connectivity index (χ0v) is 19.0. The second-order valence-corrected chi connectivity index (χ2v) is 8.25. The number of nitrogens with one attached hydrogen (secondary N) is 2. The van der Waals surface area contributed by atoms with Gasteiger partial charge in [0.1, 0.15) is 17.8 Å². The zero-order chi connectivity index (χ0) is 24.6. The fourth-order valence-electron chi connectivity index (χ4n) is 4.57. The number of amides is 4. The summed E-state index contributed by atoms with van der Waals surface area (Å²) in [4.78, 5) is 50.4. The first-order valence-electron chi connectivity index (χ1n) is 10.6. The molecule has 1 aliphatic carbocycles. The standard InChI is InChI=1S/C23H24N4O7/c1-13-9-18(27(31)32)19(34-3)11-17(13)24-20(28)12-26-21(29)23(25-22(26)30)8-4-5-14-10-15(33-2)6-7-16(14)23/h6-7,9-11H,4-5,8,12H2,1-3H3,(H,24,28)(H,25,30). The van der Waals surface area contributed by atoms with Crippen molar-refractivity contribution in [3.63, 3.8) is 0 Å². The van der Waals surface area contributed by atoms with Crippen LogP contribution in [-0.4, -0.2) is 48.4 Å². The number of aryl methyl sites for hydroxylation is 2. The Labute approximate surface area is 195 Å². The van der Waals surface area contributed by atoms with Crippen LogP contribution in [0.3, 0.4) is 0 Å². The van der Waals surface area contributed by atoms with Gasteiger partial charge in [-0.15, -0.1) is 0 Å². The van der Waals surface area contributed by atoms with Gasteiger partial charge in [0.05, 0.1) is 19.1 Å². The average molecular weight is 468 g/mol. The lowest BCUT2D eigenvalue weighted by Crippen LogP contribution is -2.47. The van der Waals surface area contributed by atoms with Crippen LogP contribution in [0.1, 0.15) is 29.5 Å². The van der Waals surface area contributed by atoms with Gasteiger partial charge in [0.15, 0.2) is 5.75 Å². The maximum Gasteiger partial charge on any atom is 0.325 e. The molecule has 2 aromatic rings. The number of ether oxygens (including phenoxy) is 2. The van der Waals surface area contributed by atoms with E-state index in [1.54, 1.807) is 26.2 Å². The molecule has 0 aromatic heterocycles. The third kappa shape index (κ3) is 3.78. The van der Waals surface area contributed by atoms with Crippen LogP contribution in [0.4, 0.5) is 16.2 Å². The van der Waals surface area contributed by atoms with Crippen LogP contribution < -0.4 is 20.1 Å². The van der Waals surface area contributed by atoms with E-state index >= 15 is 0 Å². The predicted molar refractivity (Wildman–Crippen MR) is 121 cm³/mol. The molecule has 0 radical (unpaired) electrons. The normalized spacial score (nSPS) is 19.0. The molecule has 0 bridgehead atoms. The fraction of sp³-hybridized carbons (Fsp3) is 0.348. The third-order valence-corrected chi connectivity index (χ3v) is 6.24. The predicted octanol–water partition coefficient (Wildman–Crippen LogP) is 2.64. The molecule has 1 atom stereocenters. The van der Waals surface area contributed by atoms with Crippen LogP contribution in [0.25, 0.3) is 0 Å². The Bertz CT molecular complexity index is 1210. The number of rotatable bonds is 6. The number of hydrogen-bond acceptors (Lipinski definition) is 7. The van der Waals surface area contributed by atoms with Crippen molar-refractivity contribution in [2.45, 2.75) is 31.7 Å². The molecule has 4 amide bonds. The van der Waals surface area contributed by atoms with E-state index in [1.165, 1.54) is 19.2 Å². The number of hydrogen-bond donors (Lipinski definition) is 2. The molecule has 2 N–H and O–H groups in total. The number of nitrogens with zero attached hydrogens (tertiary/aromatic N) is 2. The number of benzene rings is 2. The number of nitro groups is 1. The number of carbonyl (C=O) groups excluding carboxylic acids is 3. The summed E-state index contributed by atoms with van der Waals surface area (Å²) in [7, 11) is 2.85. The van der Waals surface area contributed by atoms with E-state index in [0.717, 1.165) is 16.9 Å². The first kappa shape index (κ1) is 23.0. The van der Waals surface area contributed by atoms with Crippen molar-refractivity contribution in [2.75, 3.05) is 26.1 Å². The maximum absolute atomic E-state index is 13.4. The van der Waals surface area contributed by atoms with E-state index in [2.05, 4.69) is 10.6 Å². The highest BCUT2D eigenvalue weighted by molar-refractivity contribution is 6.10. The lowest BCUT2D eigenvalue weighted by atomic mass is 9.76. The quantitative estimate of drug-likeness (QED) is 0.377. The number of fused-ring (bicyclic) bond motifs is 2. The molecular weight excluding hydrogens is 444 g/mol. The molecule has 4 rings (SSSR count). The summed E-state index contributed by atoms with van der Waals surface area (Å²) in [5.74, 6) is -0.464. The second-order valence-electron chi connectivity index (χ2n) is 8.25. The number of nitro benzene ring substituents is 1. The van der Waals surface area contributed by atoms with E-state index in [0.29, 0.717) is 29.7 Å². The minimum Gasteiger partial charge on any atom is -0.497 e. The molecule has 0 saturated carbocycles. The zero-order valence-electron chi connectivity index (χ0n) is 19.0. The molecule has 1 spiro atoms. The summed E-state index contributed by atoms with van der Waals surface area (Å²) >= 11 is 0. The summed E-state index contributed by atoms with van der Waals surface area (Å²) in [6.07, 6.45) is 1.86. The van der Waals surface area contributed by atoms with E-state index in [-0.39, 0.29) is 17.1 Å². The number of anilines is 1. The fourth-order valence-corrected chi connectivity index (χ4v) is 4.57. The van der Waals surface area contributed by atoms with Crippen LogP contribution in [0.2, 0.25) is 0 Å². The van der Waals surface area contributed by atoms with Gasteiger partial charge in [-0.2, -0.15) is 0 Å². The van der Waals surface area contributed by atoms with Crippen molar-refractivity contribution in [1.29, 1.82) is 0 Å². The van der Waals surface area contributed by atoms with Crippen molar-refractivity contribution in [3.05, 3.63) is 57.1 Å². The Kier molecular flexibility index (Phi) is 5.86. The van der Waals surface area contributed by atoms with Crippen LogP contribution in [0, 0.1) is 17.0 Å². The van der Waals surface area contributed by atoms with Crippen molar-refractivity contribution in [1.82, 2.24) is 10.2 Å². The number of carbonyl (C=O) groups is 3. The molecule has 1 heterocycles. The van der Waals surface area contributed by atoms with Crippen molar-refractivity contribution in [2.24, 2.45) is 0 Å². The lowest BCUT2D eigenvalue weighted by molar-refractivity contribution is -0.385. The summed E-state index contributed by atoms with van der Waals surface area (Å²) in [5.41, 5.74) is 0.885. The molecule has 11 nitrogen and oxygen atoms in total. The monoisotopic (exact) mass is 468 g/mol. The molecule has 34 heavy (non-hydrogen) atoms. The molecule has 2 aliphatic rings. The van der Waals surface area contributed by atoms with Gasteiger partial charge in [0.2, 0.25) is 5.91 Å². The minimum atomic E-state index is -1.22. The van der Waals surface area contributed by atoms with E-state index in [4.69, 9.17) is 9.47 Å². The molecule has 178 valence electrons. The third-order valence-electron chi connectivity index (χ3n) is 6.24. The highest BCUT2D eigenvalue weighted by Crippen LogP contribution is 2.41. The lowest BCUT2D eigenvalue weighted by Gasteiger charge is -2.33. The molecule has 1 fully saturated rings. The smallest absolute Gasteiger partial charge is 0.325 e. The van der Waals surface area contributed by atoms with Crippen LogP contribution in [0.5, 0.6) is 11.5 Å². The highest BCUT2D eigenvalue weighted by atomic mass is 16.6. The van der Waals surface area contributed by atoms with Crippen molar-refractivity contribution < 1.29 is 28.8 Å². The molecule has 1 aliphatic heterocycles. The highest BCUT2D eigenvalue weighted by Gasteiger charge is 2.54. The first-order chi connectivity index (χ1) is 16.2. The number of urea groups is 1. The van der Waals surface area contributed by atoms with E-state index in [9.17, 15) is 24.5 Å². The average Bonchev–Trinajstić information content (AvgIpc) is 3.04. The Morgan fingerprint density at radius 3 is 2.68 bits per heavy atom. The molecule has 1 unspecified atom stereocenters. The summed E-state index contributed by atoms with van der Waals surface area (Å²) < 4.78 is 10.3. The summed E-state index contributed by atoms with van der Waals surface area (Å²) in [6.45, 7) is 1.09. The van der Waals surface area contributed by atoms with E-state index < -0.39 is 34.9 Å². The SMILES string of the molecule is COc1ccc2c(c1)CCCC21NC(=O)N(CC(=O)Nc2cc(OC)c([N+](=O)[O-])cc2C)C1=O. The van der Waals surface area contributed by atoms with Gasteiger partial charge in [-0.3, -0.25) is 24.6 Å². The summed E-state index contributed by atoms with van der Waals surface area (Å²) in [5, 5.41) is 16.6. The van der Waals surface area contributed by atoms with Gasteiger partial charge in [-0.05, 0) is 55.0 Å². The second kappa shape index (κ2) is 8.65. The van der Waals surface area contributed by atoms with Crippen LogP contribution in [0.15, 0.2) is 30.3 Å². The Morgan fingerprint density at radius 2 is 2.00 bits per heavy atom. The Morgan fingerprint density at radius 1 is 1.24 bits per heavy atom. The maximum atomic E-state index is 13.4. The van der Waals surface area contributed by atoms with Crippen molar-refractivity contribution >= 4 is 29.2 Å². The summed E-state index contributed by atoms with van der Waals surface area (Å²) in [6, 6.07) is 7.35. The first-order valence-corrected chi connectivity index (χ1v) is 10.6. The molecular formula is C23H24N4O7. The number of methoxy groups -OCH3 is 2. The molecule has 11 heteroatoms. The van der Waals surface area contributed by atoms with E-state index in [1.807, 2.05) is 6.07 Å². The van der Waals surface area contributed by atoms with Gasteiger partial charge in [0, 0.05) is 17.8 Å². The Balaban J connectivity index is 1.55. The Hall–Kier alpha value is -4.15. The van der Waals surface area contributed by atoms with Crippen LogP contribution in [-0.2, 0) is 21.5 Å². The van der Waals surface area contributed by atoms with Gasteiger partial charge in [-0.1, -0.05) is 6.07 Å². The van der Waals surface area contributed by atoms with Crippen molar-refractivity contribution in [3.8, 4) is 11.5 Å². The number of imide groups is 1. The largest absolute Gasteiger partial charge is 0.497 e.